The summed E-state index contributed by atoms with van der Waals surface area (Å²) in [6, 6.07) is -0.770. The van der Waals surface area contributed by atoms with Crippen molar-refractivity contribution in [3.63, 3.8) is 0 Å². The molecule has 100 valence electrons. The number of thioether (sulfide) groups is 2. The van der Waals surface area contributed by atoms with E-state index in [1.54, 1.807) is 0 Å². The maximum absolute atomic E-state index is 10.4. The normalized spacial score (nSPS) is 13.6. The zero-order valence-corrected chi connectivity index (χ0v) is 11.7. The Morgan fingerprint density at radius 3 is 2.71 bits per heavy atom. The molecule has 17 heavy (non-hydrogen) atoms. The summed E-state index contributed by atoms with van der Waals surface area (Å²) in [6.45, 7) is 0. The topological polar surface area (TPSA) is 100 Å². The first-order valence-corrected chi connectivity index (χ1v) is 7.86. The SMILES string of the molecule is CSCCCCC/C(=N\O)SC[C@H]([NH3+])C(=O)[O-]. The number of carbonyl (C=O) groups is 1. The lowest BCUT2D eigenvalue weighted by atomic mass is 10.2. The summed E-state index contributed by atoms with van der Waals surface area (Å²) >= 11 is 3.05. The molecule has 0 spiro atoms. The van der Waals surface area contributed by atoms with Crippen molar-refractivity contribution in [3.8, 4) is 0 Å². The lowest BCUT2D eigenvalue weighted by Crippen LogP contribution is -2.69. The molecule has 0 saturated heterocycles. The highest BCUT2D eigenvalue weighted by atomic mass is 32.2. The van der Waals surface area contributed by atoms with E-state index in [2.05, 4.69) is 17.1 Å². The first-order chi connectivity index (χ1) is 8.11. The van der Waals surface area contributed by atoms with Crippen molar-refractivity contribution in [2.45, 2.75) is 31.7 Å². The van der Waals surface area contributed by atoms with E-state index in [0.29, 0.717) is 11.5 Å². The molecular formula is C10H20N2O3S2. The molecule has 0 aromatic heterocycles. The van der Waals surface area contributed by atoms with E-state index >= 15 is 0 Å². The van der Waals surface area contributed by atoms with Crippen LogP contribution in [-0.4, -0.2) is 40.0 Å². The van der Waals surface area contributed by atoms with E-state index in [1.807, 2.05) is 11.8 Å². The molecule has 0 aliphatic carbocycles. The van der Waals surface area contributed by atoms with Crippen molar-refractivity contribution in [1.82, 2.24) is 0 Å². The van der Waals surface area contributed by atoms with Gasteiger partial charge in [-0.2, -0.15) is 11.8 Å². The molecule has 0 aliphatic rings. The number of nitrogens with zero attached hydrogens (tertiary/aromatic N) is 1. The molecule has 0 unspecified atom stereocenters. The number of hydrogen-bond acceptors (Lipinski definition) is 6. The van der Waals surface area contributed by atoms with E-state index in [9.17, 15) is 9.90 Å². The van der Waals surface area contributed by atoms with Crippen LogP contribution in [0.2, 0.25) is 0 Å². The van der Waals surface area contributed by atoms with Crippen LogP contribution in [-0.2, 0) is 4.79 Å². The molecule has 4 N–H and O–H groups in total. The number of hydrogen-bond donors (Lipinski definition) is 2. The van der Waals surface area contributed by atoms with E-state index in [4.69, 9.17) is 5.21 Å². The number of unbranched alkanes of at least 4 members (excludes halogenated alkanes) is 2. The Labute approximate surface area is 110 Å². The third-order valence-corrected chi connectivity index (χ3v) is 4.02. The summed E-state index contributed by atoms with van der Waals surface area (Å²) in [5.41, 5.74) is 3.44. The monoisotopic (exact) mass is 280 g/mol. The van der Waals surface area contributed by atoms with Crippen LogP contribution in [0.25, 0.3) is 0 Å². The summed E-state index contributed by atoms with van der Waals surface area (Å²) in [4.78, 5) is 10.4. The van der Waals surface area contributed by atoms with Gasteiger partial charge >= 0.3 is 0 Å². The Bertz CT molecular complexity index is 250. The van der Waals surface area contributed by atoms with Gasteiger partial charge in [0.1, 0.15) is 11.1 Å². The van der Waals surface area contributed by atoms with E-state index in [1.165, 1.54) is 11.8 Å². The minimum absolute atomic E-state index is 0.284. The fraction of sp³-hybridized carbons (Fsp3) is 0.800. The van der Waals surface area contributed by atoms with Crippen LogP contribution in [0.5, 0.6) is 0 Å². The van der Waals surface area contributed by atoms with Crippen LogP contribution in [0.4, 0.5) is 0 Å². The number of aliphatic carboxylic acids is 1. The molecule has 5 nitrogen and oxygen atoms in total. The van der Waals surface area contributed by atoms with Crippen molar-refractivity contribution in [2.24, 2.45) is 5.16 Å². The lowest BCUT2D eigenvalue weighted by molar-refractivity contribution is -0.431. The van der Waals surface area contributed by atoms with Crippen LogP contribution in [0.3, 0.4) is 0 Å². The zero-order valence-electron chi connectivity index (χ0n) is 10.1. The number of oxime groups is 1. The molecule has 0 rings (SSSR count). The van der Waals surface area contributed by atoms with Gasteiger partial charge in [-0.05, 0) is 31.3 Å². The van der Waals surface area contributed by atoms with Gasteiger partial charge in [0.05, 0.1) is 11.7 Å². The molecule has 0 fully saturated rings. The highest BCUT2D eigenvalue weighted by Gasteiger charge is 2.10. The van der Waals surface area contributed by atoms with E-state index in [-0.39, 0.29) is 5.75 Å². The van der Waals surface area contributed by atoms with Crippen LogP contribution < -0.4 is 10.8 Å². The Balaban J connectivity index is 3.67. The molecule has 0 heterocycles. The first kappa shape index (κ1) is 16.6. The smallest absolute Gasteiger partial charge is 0.134 e. The van der Waals surface area contributed by atoms with Gasteiger partial charge in [0, 0.05) is 0 Å². The van der Waals surface area contributed by atoms with Crippen molar-refractivity contribution in [1.29, 1.82) is 0 Å². The third kappa shape index (κ3) is 9.31. The fourth-order valence-corrected chi connectivity index (χ4v) is 2.48. The average molecular weight is 280 g/mol. The molecule has 0 aromatic carbocycles. The van der Waals surface area contributed by atoms with Gasteiger partial charge in [0.2, 0.25) is 0 Å². The van der Waals surface area contributed by atoms with Gasteiger partial charge in [-0.1, -0.05) is 11.6 Å². The van der Waals surface area contributed by atoms with Gasteiger partial charge in [0.25, 0.3) is 0 Å². The highest BCUT2D eigenvalue weighted by molar-refractivity contribution is 8.14. The largest absolute Gasteiger partial charge is 0.544 e. The van der Waals surface area contributed by atoms with Gasteiger partial charge in [-0.15, -0.1) is 11.8 Å². The predicted octanol–water partition coefficient (Wildman–Crippen LogP) is -0.209. The quantitative estimate of drug-likeness (QED) is 0.200. The number of carboxylic acid groups (broad SMARTS) is 1. The molecule has 1 atom stereocenters. The van der Waals surface area contributed by atoms with E-state index in [0.717, 1.165) is 25.0 Å². The van der Waals surface area contributed by atoms with Crippen LogP contribution >= 0.6 is 23.5 Å². The number of rotatable bonds is 9. The van der Waals surface area contributed by atoms with Crippen molar-refractivity contribution >= 4 is 34.5 Å². The molecule has 7 heteroatoms. The molecule has 0 radical (unpaired) electrons. The number of carbonyl (C=O) groups excluding carboxylic acids is 1. The summed E-state index contributed by atoms with van der Waals surface area (Å²) < 4.78 is 0. The minimum atomic E-state index is -1.17. The lowest BCUT2D eigenvalue weighted by Gasteiger charge is -2.09. The van der Waals surface area contributed by atoms with Crippen molar-refractivity contribution < 1.29 is 20.8 Å². The summed E-state index contributed by atoms with van der Waals surface area (Å²) in [5, 5.41) is 22.9. The van der Waals surface area contributed by atoms with Gasteiger partial charge < -0.3 is 20.8 Å². The Kier molecular flexibility index (Phi) is 10.5. The molecule has 0 aromatic rings. The number of carboxylic acids is 1. The fourth-order valence-electron chi connectivity index (χ4n) is 1.12. The summed E-state index contributed by atoms with van der Waals surface area (Å²) in [7, 11) is 0. The average Bonchev–Trinajstić information content (AvgIpc) is 2.32. The molecule has 0 saturated carbocycles. The molecular weight excluding hydrogens is 260 g/mol. The standard InChI is InChI=1S/C10H20N2O3S2/c1-16-6-4-2-3-5-9(12-15)17-7-8(11)10(13)14/h8,15H,2-7,11H2,1H3,(H,13,14)/b12-9+/t8-/m0/s1. The van der Waals surface area contributed by atoms with E-state index < -0.39 is 12.0 Å². The van der Waals surface area contributed by atoms with Crippen LogP contribution in [0.1, 0.15) is 25.7 Å². The Morgan fingerprint density at radius 2 is 2.18 bits per heavy atom. The van der Waals surface area contributed by atoms with Gasteiger partial charge in [0.15, 0.2) is 0 Å². The molecule has 0 aliphatic heterocycles. The van der Waals surface area contributed by atoms with Crippen LogP contribution in [0.15, 0.2) is 5.16 Å². The van der Waals surface area contributed by atoms with Crippen molar-refractivity contribution in [3.05, 3.63) is 0 Å². The maximum Gasteiger partial charge on any atom is 0.134 e. The Hall–Kier alpha value is -0.400. The maximum atomic E-state index is 10.4. The summed E-state index contributed by atoms with van der Waals surface area (Å²) in [6.07, 6.45) is 5.97. The highest BCUT2D eigenvalue weighted by Crippen LogP contribution is 2.13. The van der Waals surface area contributed by atoms with Crippen LogP contribution in [0, 0.1) is 0 Å². The second kappa shape index (κ2) is 10.7. The predicted molar refractivity (Wildman–Crippen MR) is 70.2 cm³/mol. The second-order valence-corrected chi connectivity index (χ2v) is 5.70. The second-order valence-electron chi connectivity index (χ2n) is 3.62. The molecule has 0 amide bonds. The summed E-state index contributed by atoms with van der Waals surface area (Å²) in [5.74, 6) is 0.256. The molecule has 0 bridgehead atoms. The number of quaternary nitrogens is 1. The minimum Gasteiger partial charge on any atom is -0.544 e. The van der Waals surface area contributed by atoms with Gasteiger partial charge in [-0.25, -0.2) is 0 Å². The van der Waals surface area contributed by atoms with Gasteiger partial charge in [-0.3, -0.25) is 0 Å². The zero-order chi connectivity index (χ0) is 13.1. The third-order valence-electron chi connectivity index (χ3n) is 2.14. The Morgan fingerprint density at radius 1 is 1.47 bits per heavy atom. The van der Waals surface area contributed by atoms with Crippen molar-refractivity contribution in [2.75, 3.05) is 17.8 Å². The first-order valence-electron chi connectivity index (χ1n) is 5.48.